The van der Waals surface area contributed by atoms with Crippen molar-refractivity contribution < 1.29 is 9.90 Å². The van der Waals surface area contributed by atoms with E-state index in [4.69, 9.17) is 5.11 Å². The van der Waals surface area contributed by atoms with E-state index < -0.39 is 12.0 Å². The summed E-state index contributed by atoms with van der Waals surface area (Å²) in [6.45, 7) is 12.2. The third-order valence-electron chi connectivity index (χ3n) is 3.16. The molecule has 0 aliphatic carbocycles. The van der Waals surface area contributed by atoms with E-state index in [2.05, 4.69) is 31.0 Å². The van der Waals surface area contributed by atoms with Gasteiger partial charge in [0.25, 0.3) is 0 Å². The molecule has 2 unspecified atom stereocenters. The molecule has 0 aliphatic heterocycles. The van der Waals surface area contributed by atoms with E-state index in [1.54, 1.807) is 0 Å². The minimum atomic E-state index is -0.751. The Morgan fingerprint density at radius 3 is 2.24 bits per heavy atom. The zero-order valence-electron chi connectivity index (χ0n) is 11.9. The highest BCUT2D eigenvalue weighted by molar-refractivity contribution is 5.73. The number of aliphatic carboxylic acids is 1. The molecular formula is C13H28N2O2. The zero-order chi connectivity index (χ0) is 13.4. The van der Waals surface area contributed by atoms with Crippen LogP contribution in [0.15, 0.2) is 0 Å². The van der Waals surface area contributed by atoms with Crippen LogP contribution in [0, 0.1) is 0 Å². The number of carboxylic acids is 1. The van der Waals surface area contributed by atoms with Crippen molar-refractivity contribution in [2.45, 2.75) is 65.6 Å². The van der Waals surface area contributed by atoms with Gasteiger partial charge in [0, 0.05) is 18.6 Å². The number of hydrogen-bond donors (Lipinski definition) is 2. The minimum absolute atomic E-state index is 0.203. The summed E-state index contributed by atoms with van der Waals surface area (Å²) >= 11 is 0. The van der Waals surface area contributed by atoms with Gasteiger partial charge in [-0.15, -0.1) is 0 Å². The number of rotatable bonds is 9. The van der Waals surface area contributed by atoms with Gasteiger partial charge >= 0.3 is 5.97 Å². The summed E-state index contributed by atoms with van der Waals surface area (Å²) in [7, 11) is 0. The second-order valence-corrected chi connectivity index (χ2v) is 4.89. The van der Waals surface area contributed by atoms with Gasteiger partial charge in [-0.3, -0.25) is 4.79 Å². The highest BCUT2D eigenvalue weighted by Crippen LogP contribution is 2.06. The van der Waals surface area contributed by atoms with Crippen molar-refractivity contribution in [1.29, 1.82) is 0 Å². The van der Waals surface area contributed by atoms with Crippen LogP contribution in [0.25, 0.3) is 0 Å². The lowest BCUT2D eigenvalue weighted by atomic mass is 10.1. The summed E-state index contributed by atoms with van der Waals surface area (Å²) in [6, 6.07) is 0.288. The number of nitrogens with one attached hydrogen (secondary N) is 1. The van der Waals surface area contributed by atoms with Crippen molar-refractivity contribution in [3.05, 3.63) is 0 Å². The number of nitrogens with zero attached hydrogens (tertiary/aromatic N) is 1. The number of hydrogen-bond acceptors (Lipinski definition) is 3. The van der Waals surface area contributed by atoms with Crippen LogP contribution >= 0.6 is 0 Å². The SMILES string of the molecule is CCC(C)N(CC)CCC(NC(C)C)C(=O)O. The van der Waals surface area contributed by atoms with Crippen LogP contribution in [0.4, 0.5) is 0 Å². The van der Waals surface area contributed by atoms with Crippen LogP contribution < -0.4 is 5.32 Å². The molecule has 0 aromatic carbocycles. The third kappa shape index (κ3) is 6.64. The molecule has 4 nitrogen and oxygen atoms in total. The van der Waals surface area contributed by atoms with Gasteiger partial charge in [-0.25, -0.2) is 0 Å². The summed E-state index contributed by atoms with van der Waals surface area (Å²) in [6.07, 6.45) is 1.76. The molecule has 0 amide bonds. The van der Waals surface area contributed by atoms with Gasteiger partial charge in [-0.1, -0.05) is 27.7 Å². The predicted molar refractivity (Wildman–Crippen MR) is 71.3 cm³/mol. The highest BCUT2D eigenvalue weighted by Gasteiger charge is 2.20. The minimum Gasteiger partial charge on any atom is -0.480 e. The van der Waals surface area contributed by atoms with Gasteiger partial charge in [-0.05, 0) is 26.3 Å². The summed E-state index contributed by atoms with van der Waals surface area (Å²) in [5.74, 6) is -0.751. The summed E-state index contributed by atoms with van der Waals surface area (Å²) in [5.41, 5.74) is 0. The van der Waals surface area contributed by atoms with Gasteiger partial charge in [0.2, 0.25) is 0 Å². The fraction of sp³-hybridized carbons (Fsp3) is 0.923. The largest absolute Gasteiger partial charge is 0.480 e. The van der Waals surface area contributed by atoms with Gasteiger partial charge in [0.15, 0.2) is 0 Å². The topological polar surface area (TPSA) is 52.6 Å². The first-order chi connectivity index (χ1) is 7.92. The summed E-state index contributed by atoms with van der Waals surface area (Å²) in [4.78, 5) is 13.4. The van der Waals surface area contributed by atoms with Crippen molar-refractivity contribution in [3.8, 4) is 0 Å². The fourth-order valence-corrected chi connectivity index (χ4v) is 1.92. The molecule has 0 saturated carbocycles. The van der Waals surface area contributed by atoms with Gasteiger partial charge in [-0.2, -0.15) is 0 Å². The van der Waals surface area contributed by atoms with E-state index in [9.17, 15) is 4.79 Å². The first-order valence-corrected chi connectivity index (χ1v) is 6.65. The van der Waals surface area contributed by atoms with Gasteiger partial charge in [0.05, 0.1) is 0 Å². The van der Waals surface area contributed by atoms with E-state index >= 15 is 0 Å². The standard InChI is InChI=1S/C13H28N2O2/c1-6-11(5)15(7-2)9-8-12(13(16)17)14-10(3)4/h10-12,14H,6-9H2,1-5H3,(H,16,17). The summed E-state index contributed by atoms with van der Waals surface area (Å²) < 4.78 is 0. The second kappa shape index (κ2) is 8.48. The highest BCUT2D eigenvalue weighted by atomic mass is 16.4. The molecular weight excluding hydrogens is 216 g/mol. The molecule has 2 N–H and O–H groups in total. The Kier molecular flexibility index (Phi) is 8.17. The molecule has 0 aliphatic rings. The van der Waals surface area contributed by atoms with Gasteiger partial charge < -0.3 is 15.3 Å². The van der Waals surface area contributed by atoms with Crippen LogP contribution in [0.3, 0.4) is 0 Å². The smallest absolute Gasteiger partial charge is 0.320 e. The monoisotopic (exact) mass is 244 g/mol. The van der Waals surface area contributed by atoms with Gasteiger partial charge in [0.1, 0.15) is 6.04 Å². The van der Waals surface area contributed by atoms with Crippen LogP contribution in [-0.4, -0.2) is 47.2 Å². The molecule has 0 rings (SSSR count). The molecule has 0 saturated heterocycles. The van der Waals surface area contributed by atoms with Crippen molar-refractivity contribution in [3.63, 3.8) is 0 Å². The van der Waals surface area contributed by atoms with E-state index in [-0.39, 0.29) is 6.04 Å². The van der Waals surface area contributed by atoms with E-state index in [0.29, 0.717) is 12.5 Å². The Morgan fingerprint density at radius 1 is 1.29 bits per heavy atom. The first-order valence-electron chi connectivity index (χ1n) is 6.65. The lowest BCUT2D eigenvalue weighted by Crippen LogP contribution is -2.44. The molecule has 102 valence electrons. The first kappa shape index (κ1) is 16.4. The van der Waals surface area contributed by atoms with Crippen LogP contribution in [0.2, 0.25) is 0 Å². The third-order valence-corrected chi connectivity index (χ3v) is 3.16. The molecule has 0 spiro atoms. The fourth-order valence-electron chi connectivity index (χ4n) is 1.92. The zero-order valence-corrected chi connectivity index (χ0v) is 11.9. The number of carbonyl (C=O) groups is 1. The maximum Gasteiger partial charge on any atom is 0.320 e. The Balaban J connectivity index is 4.22. The van der Waals surface area contributed by atoms with E-state index in [1.165, 1.54) is 0 Å². The molecule has 0 radical (unpaired) electrons. The molecule has 4 heteroatoms. The van der Waals surface area contributed by atoms with Crippen molar-refractivity contribution in [2.75, 3.05) is 13.1 Å². The molecule has 0 bridgehead atoms. The average molecular weight is 244 g/mol. The summed E-state index contributed by atoms with van der Waals surface area (Å²) in [5, 5.41) is 12.2. The normalized spacial score (nSPS) is 15.2. The number of carboxylic acid groups (broad SMARTS) is 1. The van der Waals surface area contributed by atoms with Crippen molar-refractivity contribution in [1.82, 2.24) is 10.2 Å². The maximum absolute atomic E-state index is 11.1. The quantitative estimate of drug-likeness (QED) is 0.651. The van der Waals surface area contributed by atoms with Crippen LogP contribution in [-0.2, 0) is 4.79 Å². The average Bonchev–Trinajstić information content (AvgIpc) is 2.26. The van der Waals surface area contributed by atoms with Crippen molar-refractivity contribution in [2.24, 2.45) is 0 Å². The molecule has 17 heavy (non-hydrogen) atoms. The molecule has 0 aromatic heterocycles. The van der Waals surface area contributed by atoms with Crippen LogP contribution in [0.5, 0.6) is 0 Å². The van der Waals surface area contributed by atoms with E-state index in [1.807, 2.05) is 13.8 Å². The lowest BCUT2D eigenvalue weighted by Gasteiger charge is -2.28. The van der Waals surface area contributed by atoms with Crippen LogP contribution in [0.1, 0.15) is 47.5 Å². The molecule has 0 aromatic rings. The lowest BCUT2D eigenvalue weighted by molar-refractivity contribution is -0.140. The molecule has 0 fully saturated rings. The Hall–Kier alpha value is -0.610. The predicted octanol–water partition coefficient (Wildman–Crippen LogP) is 1.95. The molecule has 0 heterocycles. The molecule has 2 atom stereocenters. The Labute approximate surface area is 105 Å². The maximum atomic E-state index is 11.1. The second-order valence-electron chi connectivity index (χ2n) is 4.89. The van der Waals surface area contributed by atoms with Crippen molar-refractivity contribution >= 4 is 5.97 Å². The Bertz CT molecular complexity index is 219. The van der Waals surface area contributed by atoms with E-state index in [0.717, 1.165) is 19.5 Å². The Morgan fingerprint density at radius 2 is 1.88 bits per heavy atom.